The van der Waals surface area contributed by atoms with Crippen LogP contribution in [0.2, 0.25) is 0 Å². The summed E-state index contributed by atoms with van der Waals surface area (Å²) in [4.78, 5) is 14.8. The Morgan fingerprint density at radius 2 is 1.85 bits per heavy atom. The summed E-state index contributed by atoms with van der Waals surface area (Å²) in [6.07, 6.45) is 8.39. The quantitative estimate of drug-likeness (QED) is 0.800. The van der Waals surface area contributed by atoms with Crippen molar-refractivity contribution >= 4 is 5.97 Å². The monoisotopic (exact) mass is 280 g/mol. The first-order valence-electron chi connectivity index (χ1n) is 8.46. The Bertz CT molecular complexity index is 326. The summed E-state index contributed by atoms with van der Waals surface area (Å²) in [5.41, 5.74) is 0. The molecule has 0 aliphatic carbocycles. The van der Waals surface area contributed by atoms with Crippen molar-refractivity contribution < 1.29 is 9.53 Å². The standard InChI is InChI=1S/C16H28N2O2/c19-16(13-6-8-17-9-7-13)20-12-14-4-3-11-18-10-2-1-5-15(14)18/h13-15,17H,1-12H2. The molecule has 0 aromatic carbocycles. The van der Waals surface area contributed by atoms with Gasteiger partial charge in [0.2, 0.25) is 0 Å². The second kappa shape index (κ2) is 6.90. The van der Waals surface area contributed by atoms with Gasteiger partial charge in [0.05, 0.1) is 12.5 Å². The molecule has 0 bridgehead atoms. The number of nitrogens with one attached hydrogen (secondary N) is 1. The van der Waals surface area contributed by atoms with Crippen LogP contribution in [0.3, 0.4) is 0 Å². The molecule has 3 heterocycles. The van der Waals surface area contributed by atoms with Crippen LogP contribution >= 0.6 is 0 Å². The van der Waals surface area contributed by atoms with Crippen molar-refractivity contribution in [3.8, 4) is 0 Å². The van der Waals surface area contributed by atoms with Gasteiger partial charge in [0.1, 0.15) is 0 Å². The molecule has 0 saturated carbocycles. The fraction of sp³-hybridized carbons (Fsp3) is 0.938. The van der Waals surface area contributed by atoms with E-state index in [9.17, 15) is 4.79 Å². The third kappa shape index (κ3) is 3.34. The number of fused-ring (bicyclic) bond motifs is 1. The first kappa shape index (κ1) is 14.3. The van der Waals surface area contributed by atoms with E-state index < -0.39 is 0 Å². The highest BCUT2D eigenvalue weighted by molar-refractivity contribution is 5.72. The Morgan fingerprint density at radius 1 is 1.05 bits per heavy atom. The molecule has 0 aromatic rings. The van der Waals surface area contributed by atoms with Gasteiger partial charge in [-0.05, 0) is 64.7 Å². The summed E-state index contributed by atoms with van der Waals surface area (Å²) in [6.45, 7) is 5.08. The molecule has 114 valence electrons. The van der Waals surface area contributed by atoms with E-state index in [4.69, 9.17) is 4.74 Å². The highest BCUT2D eigenvalue weighted by Gasteiger charge is 2.34. The van der Waals surface area contributed by atoms with Crippen molar-refractivity contribution in [3.05, 3.63) is 0 Å². The Morgan fingerprint density at radius 3 is 2.70 bits per heavy atom. The Labute approximate surface area is 122 Å². The molecule has 3 fully saturated rings. The molecule has 0 spiro atoms. The number of ether oxygens (including phenoxy) is 1. The molecule has 1 N–H and O–H groups in total. The van der Waals surface area contributed by atoms with Crippen LogP contribution in [0.1, 0.15) is 44.9 Å². The van der Waals surface area contributed by atoms with Crippen molar-refractivity contribution in [3.63, 3.8) is 0 Å². The van der Waals surface area contributed by atoms with E-state index in [-0.39, 0.29) is 11.9 Å². The van der Waals surface area contributed by atoms with E-state index >= 15 is 0 Å². The second-order valence-electron chi connectivity index (χ2n) is 6.66. The summed E-state index contributed by atoms with van der Waals surface area (Å²) < 4.78 is 5.68. The van der Waals surface area contributed by atoms with E-state index in [0.717, 1.165) is 25.9 Å². The Kier molecular flexibility index (Phi) is 4.94. The normalized spacial score (nSPS) is 32.6. The topological polar surface area (TPSA) is 41.6 Å². The smallest absolute Gasteiger partial charge is 0.309 e. The molecule has 2 unspecified atom stereocenters. The molecule has 4 nitrogen and oxygen atoms in total. The van der Waals surface area contributed by atoms with E-state index in [1.807, 2.05) is 0 Å². The third-order valence-corrected chi connectivity index (χ3v) is 5.34. The van der Waals surface area contributed by atoms with Gasteiger partial charge in [-0.3, -0.25) is 9.69 Å². The Balaban J connectivity index is 1.48. The summed E-state index contributed by atoms with van der Waals surface area (Å²) in [7, 11) is 0. The van der Waals surface area contributed by atoms with Gasteiger partial charge in [0.25, 0.3) is 0 Å². The second-order valence-corrected chi connectivity index (χ2v) is 6.66. The first-order chi connectivity index (χ1) is 9.84. The fourth-order valence-electron chi connectivity index (χ4n) is 4.14. The molecule has 0 amide bonds. The molecule has 3 rings (SSSR count). The zero-order valence-electron chi connectivity index (χ0n) is 12.5. The molecule has 0 aromatic heterocycles. The van der Waals surface area contributed by atoms with E-state index in [0.29, 0.717) is 18.6 Å². The highest BCUT2D eigenvalue weighted by atomic mass is 16.5. The van der Waals surface area contributed by atoms with Crippen molar-refractivity contribution in [1.82, 2.24) is 10.2 Å². The minimum Gasteiger partial charge on any atom is -0.465 e. The van der Waals surface area contributed by atoms with E-state index in [2.05, 4.69) is 10.2 Å². The van der Waals surface area contributed by atoms with Gasteiger partial charge in [-0.15, -0.1) is 0 Å². The van der Waals surface area contributed by atoms with Crippen LogP contribution in [0.15, 0.2) is 0 Å². The lowest BCUT2D eigenvalue weighted by atomic mass is 9.84. The maximum Gasteiger partial charge on any atom is 0.309 e. The lowest BCUT2D eigenvalue weighted by Gasteiger charge is -2.44. The summed E-state index contributed by atoms with van der Waals surface area (Å²) in [6, 6.07) is 0.679. The lowest BCUT2D eigenvalue weighted by molar-refractivity contribution is -0.152. The molecule has 4 heteroatoms. The molecule has 0 radical (unpaired) electrons. The number of piperidine rings is 3. The van der Waals surface area contributed by atoms with Crippen LogP contribution in [0.25, 0.3) is 0 Å². The molecule has 3 saturated heterocycles. The predicted octanol–water partition coefficient (Wildman–Crippen LogP) is 1.79. The third-order valence-electron chi connectivity index (χ3n) is 5.34. The minimum atomic E-state index is 0.0550. The average molecular weight is 280 g/mol. The van der Waals surface area contributed by atoms with Gasteiger partial charge in [-0.25, -0.2) is 0 Å². The van der Waals surface area contributed by atoms with Gasteiger partial charge in [0.15, 0.2) is 0 Å². The number of hydrogen-bond donors (Lipinski definition) is 1. The van der Waals surface area contributed by atoms with Crippen molar-refractivity contribution in [1.29, 1.82) is 0 Å². The summed E-state index contributed by atoms with van der Waals surface area (Å²) >= 11 is 0. The Hall–Kier alpha value is -0.610. The SMILES string of the molecule is O=C(OCC1CCCN2CCCCC12)C1CCNCC1. The van der Waals surface area contributed by atoms with Gasteiger partial charge in [-0.1, -0.05) is 6.42 Å². The first-order valence-corrected chi connectivity index (χ1v) is 8.46. The number of nitrogens with zero attached hydrogens (tertiary/aromatic N) is 1. The largest absolute Gasteiger partial charge is 0.465 e. The van der Waals surface area contributed by atoms with Crippen molar-refractivity contribution in [2.24, 2.45) is 11.8 Å². The maximum absolute atomic E-state index is 12.1. The summed E-state index contributed by atoms with van der Waals surface area (Å²) in [5, 5.41) is 3.30. The average Bonchev–Trinajstić information content (AvgIpc) is 2.53. The van der Waals surface area contributed by atoms with Gasteiger partial charge in [0, 0.05) is 12.0 Å². The fourth-order valence-corrected chi connectivity index (χ4v) is 4.14. The predicted molar refractivity (Wildman–Crippen MR) is 78.5 cm³/mol. The molecule has 20 heavy (non-hydrogen) atoms. The zero-order chi connectivity index (χ0) is 13.8. The molecular formula is C16H28N2O2. The van der Waals surface area contributed by atoms with Crippen LogP contribution < -0.4 is 5.32 Å². The van der Waals surface area contributed by atoms with Gasteiger partial charge >= 0.3 is 5.97 Å². The summed E-state index contributed by atoms with van der Waals surface area (Å²) in [5.74, 6) is 0.774. The van der Waals surface area contributed by atoms with E-state index in [1.165, 1.54) is 45.2 Å². The van der Waals surface area contributed by atoms with Gasteiger partial charge in [-0.2, -0.15) is 0 Å². The lowest BCUT2D eigenvalue weighted by Crippen LogP contribution is -2.49. The van der Waals surface area contributed by atoms with Crippen LogP contribution in [0.5, 0.6) is 0 Å². The molecule has 2 atom stereocenters. The maximum atomic E-state index is 12.1. The van der Waals surface area contributed by atoms with E-state index in [1.54, 1.807) is 0 Å². The highest BCUT2D eigenvalue weighted by Crippen LogP contribution is 2.31. The number of hydrogen-bond acceptors (Lipinski definition) is 4. The van der Waals surface area contributed by atoms with Crippen molar-refractivity contribution in [2.75, 3.05) is 32.8 Å². The number of esters is 1. The van der Waals surface area contributed by atoms with Gasteiger partial charge < -0.3 is 10.1 Å². The van der Waals surface area contributed by atoms with Crippen LogP contribution in [0, 0.1) is 11.8 Å². The molecule has 3 aliphatic heterocycles. The van der Waals surface area contributed by atoms with Crippen LogP contribution in [-0.4, -0.2) is 49.7 Å². The molecular weight excluding hydrogens is 252 g/mol. The zero-order valence-corrected chi connectivity index (χ0v) is 12.5. The van der Waals surface area contributed by atoms with Crippen LogP contribution in [0.4, 0.5) is 0 Å². The number of rotatable bonds is 3. The molecule has 3 aliphatic rings. The minimum absolute atomic E-state index is 0.0550. The van der Waals surface area contributed by atoms with Crippen molar-refractivity contribution in [2.45, 2.75) is 51.0 Å². The van der Waals surface area contributed by atoms with Crippen LogP contribution in [-0.2, 0) is 9.53 Å². The number of carbonyl (C=O) groups excluding carboxylic acids is 1. The number of carbonyl (C=O) groups is 1.